The largest absolute Gasteiger partial charge is 0.389 e. The smallest absolute Gasteiger partial charge is 0.104 e. The van der Waals surface area contributed by atoms with Crippen LogP contribution in [-0.4, -0.2) is 0 Å². The van der Waals surface area contributed by atoms with E-state index in [1.165, 1.54) is 41.7 Å². The maximum Gasteiger partial charge on any atom is 0.104 e. The third-order valence-corrected chi connectivity index (χ3v) is 4.40. The highest BCUT2D eigenvalue weighted by Crippen LogP contribution is 2.34. The van der Waals surface area contributed by atoms with E-state index in [1.54, 1.807) is 0 Å². The van der Waals surface area contributed by atoms with Gasteiger partial charge in [-0.2, -0.15) is 5.26 Å². The minimum atomic E-state index is 0.616. The molecule has 0 radical (unpaired) electrons. The molecule has 1 heterocycles. The van der Waals surface area contributed by atoms with Crippen LogP contribution in [0.1, 0.15) is 29.5 Å². The lowest BCUT2D eigenvalue weighted by Crippen LogP contribution is -2.02. The van der Waals surface area contributed by atoms with Gasteiger partial charge in [0, 0.05) is 10.9 Å². The van der Waals surface area contributed by atoms with Gasteiger partial charge in [0.1, 0.15) is 11.1 Å². The third-order valence-electron chi connectivity index (χ3n) is 3.59. The molecule has 0 amide bonds. The monoisotopic (exact) mass is 254 g/mol. The minimum Gasteiger partial charge on any atom is -0.389 e. The van der Waals surface area contributed by atoms with Gasteiger partial charge >= 0.3 is 0 Å². The quantitative estimate of drug-likeness (QED) is 0.842. The normalized spacial score (nSPS) is 13.9. The molecule has 0 saturated heterocycles. The van der Waals surface area contributed by atoms with Crippen molar-refractivity contribution in [2.75, 3.05) is 5.73 Å². The van der Waals surface area contributed by atoms with Crippen molar-refractivity contribution in [2.45, 2.75) is 25.7 Å². The molecule has 1 aliphatic rings. The fourth-order valence-electron chi connectivity index (χ4n) is 2.60. The molecule has 18 heavy (non-hydrogen) atoms. The number of aryl methyl sites for hydroxylation is 2. The van der Waals surface area contributed by atoms with Gasteiger partial charge in [0.05, 0.1) is 5.56 Å². The summed E-state index contributed by atoms with van der Waals surface area (Å²) in [6, 6.07) is 8.77. The number of rotatable bonds is 1. The van der Waals surface area contributed by atoms with Gasteiger partial charge in [-0.3, -0.25) is 0 Å². The molecule has 1 aliphatic carbocycles. The number of nitrogens with two attached hydrogens (primary N) is 1. The SMILES string of the molecule is N#Cc1c(-c2ccc3c(c2)CCCC3)csc1N. The first kappa shape index (κ1) is 11.3. The number of anilines is 1. The summed E-state index contributed by atoms with van der Waals surface area (Å²) >= 11 is 1.44. The maximum atomic E-state index is 9.16. The fourth-order valence-corrected chi connectivity index (χ4v) is 3.37. The molecule has 1 aromatic heterocycles. The zero-order valence-electron chi connectivity index (χ0n) is 10.1. The highest BCUT2D eigenvalue weighted by molar-refractivity contribution is 7.14. The molecular formula is C15H14N2S. The summed E-state index contributed by atoms with van der Waals surface area (Å²) in [5.41, 5.74) is 11.5. The second-order valence-corrected chi connectivity index (χ2v) is 5.60. The summed E-state index contributed by atoms with van der Waals surface area (Å²) in [5, 5.41) is 11.8. The van der Waals surface area contributed by atoms with E-state index < -0.39 is 0 Å². The zero-order valence-corrected chi connectivity index (χ0v) is 10.9. The number of benzene rings is 1. The fraction of sp³-hybridized carbons (Fsp3) is 0.267. The van der Waals surface area contributed by atoms with Crippen LogP contribution in [0, 0.1) is 11.3 Å². The van der Waals surface area contributed by atoms with Crippen LogP contribution in [0.3, 0.4) is 0 Å². The third kappa shape index (κ3) is 1.79. The van der Waals surface area contributed by atoms with Crippen molar-refractivity contribution >= 4 is 16.3 Å². The van der Waals surface area contributed by atoms with Gasteiger partial charge in [-0.15, -0.1) is 11.3 Å². The molecule has 0 saturated carbocycles. The van der Waals surface area contributed by atoms with Gasteiger partial charge in [0.15, 0.2) is 0 Å². The van der Waals surface area contributed by atoms with Crippen LogP contribution in [0.4, 0.5) is 5.00 Å². The van der Waals surface area contributed by atoms with Crippen LogP contribution < -0.4 is 5.73 Å². The average Bonchev–Trinajstić information content (AvgIpc) is 2.79. The van der Waals surface area contributed by atoms with Gasteiger partial charge in [-0.05, 0) is 42.4 Å². The van der Waals surface area contributed by atoms with E-state index >= 15 is 0 Å². The Labute approximate surface area is 111 Å². The van der Waals surface area contributed by atoms with Crippen LogP contribution >= 0.6 is 11.3 Å². The van der Waals surface area contributed by atoms with Gasteiger partial charge in [-0.1, -0.05) is 18.2 Å². The second kappa shape index (κ2) is 4.47. The molecule has 2 N–H and O–H groups in total. The Hall–Kier alpha value is -1.79. The Morgan fingerprint density at radius 3 is 2.72 bits per heavy atom. The lowest BCUT2D eigenvalue weighted by atomic mass is 9.89. The van der Waals surface area contributed by atoms with Crippen LogP contribution in [0.15, 0.2) is 23.6 Å². The summed E-state index contributed by atoms with van der Waals surface area (Å²) in [4.78, 5) is 0. The Kier molecular flexibility index (Phi) is 2.81. The van der Waals surface area contributed by atoms with Crippen molar-refractivity contribution in [1.82, 2.24) is 0 Å². The van der Waals surface area contributed by atoms with Crippen LogP contribution in [0.5, 0.6) is 0 Å². The lowest BCUT2D eigenvalue weighted by molar-refractivity contribution is 0.686. The van der Waals surface area contributed by atoms with Crippen molar-refractivity contribution in [3.05, 3.63) is 40.3 Å². The Morgan fingerprint density at radius 1 is 1.17 bits per heavy atom. The summed E-state index contributed by atoms with van der Waals surface area (Å²) < 4.78 is 0. The molecule has 2 nitrogen and oxygen atoms in total. The molecule has 3 rings (SSSR count). The Morgan fingerprint density at radius 2 is 1.94 bits per heavy atom. The van der Waals surface area contributed by atoms with Crippen molar-refractivity contribution in [3.63, 3.8) is 0 Å². The van der Waals surface area contributed by atoms with Gasteiger partial charge in [0.2, 0.25) is 0 Å². The maximum absolute atomic E-state index is 9.16. The van der Waals surface area contributed by atoms with Crippen molar-refractivity contribution in [1.29, 1.82) is 5.26 Å². The number of nitriles is 1. The molecule has 1 aromatic carbocycles. The Balaban J connectivity index is 2.10. The minimum absolute atomic E-state index is 0.616. The van der Waals surface area contributed by atoms with Gasteiger partial charge in [-0.25, -0.2) is 0 Å². The number of hydrogen-bond acceptors (Lipinski definition) is 3. The summed E-state index contributed by atoms with van der Waals surface area (Å²) in [7, 11) is 0. The first-order valence-electron chi connectivity index (χ1n) is 6.19. The highest BCUT2D eigenvalue weighted by atomic mass is 32.1. The number of nitrogen functional groups attached to an aromatic ring is 1. The molecule has 0 aliphatic heterocycles. The van der Waals surface area contributed by atoms with E-state index in [2.05, 4.69) is 24.3 Å². The van der Waals surface area contributed by atoms with E-state index in [1.807, 2.05) is 5.38 Å². The van der Waals surface area contributed by atoms with E-state index in [0.29, 0.717) is 10.6 Å². The van der Waals surface area contributed by atoms with E-state index in [9.17, 15) is 0 Å². The first-order chi connectivity index (χ1) is 8.79. The van der Waals surface area contributed by atoms with Crippen LogP contribution in [-0.2, 0) is 12.8 Å². The topological polar surface area (TPSA) is 49.8 Å². The van der Waals surface area contributed by atoms with Crippen molar-refractivity contribution in [2.24, 2.45) is 0 Å². The molecule has 3 heteroatoms. The molecule has 0 atom stereocenters. The molecular weight excluding hydrogens is 240 g/mol. The molecule has 0 bridgehead atoms. The molecule has 0 unspecified atom stereocenters. The standard InChI is InChI=1S/C15H14N2S/c16-8-13-14(9-18-15(13)17)12-6-5-10-3-1-2-4-11(10)7-12/h5-7,9H,1-4,17H2. The molecule has 0 fully saturated rings. The first-order valence-corrected chi connectivity index (χ1v) is 7.07. The number of hydrogen-bond donors (Lipinski definition) is 1. The molecule has 0 spiro atoms. The van der Waals surface area contributed by atoms with Crippen LogP contribution in [0.2, 0.25) is 0 Å². The predicted molar refractivity (Wildman–Crippen MR) is 75.5 cm³/mol. The van der Waals surface area contributed by atoms with E-state index in [0.717, 1.165) is 17.5 Å². The summed E-state index contributed by atoms with van der Waals surface area (Å²) in [6.45, 7) is 0. The van der Waals surface area contributed by atoms with Gasteiger partial charge < -0.3 is 5.73 Å². The van der Waals surface area contributed by atoms with E-state index in [4.69, 9.17) is 11.0 Å². The second-order valence-electron chi connectivity index (χ2n) is 4.69. The van der Waals surface area contributed by atoms with Crippen molar-refractivity contribution in [3.8, 4) is 17.2 Å². The zero-order chi connectivity index (χ0) is 12.5. The summed E-state index contributed by atoms with van der Waals surface area (Å²) in [6.07, 6.45) is 4.91. The highest BCUT2D eigenvalue weighted by Gasteiger charge is 2.14. The molecule has 90 valence electrons. The number of thiophene rings is 1. The Bertz CT molecular complexity index is 634. The summed E-state index contributed by atoms with van der Waals surface area (Å²) in [5.74, 6) is 0. The number of fused-ring (bicyclic) bond motifs is 1. The lowest BCUT2D eigenvalue weighted by Gasteiger charge is -2.16. The van der Waals surface area contributed by atoms with Gasteiger partial charge in [0.25, 0.3) is 0 Å². The van der Waals surface area contributed by atoms with E-state index in [-0.39, 0.29) is 0 Å². The molecule has 2 aromatic rings. The average molecular weight is 254 g/mol. The van der Waals surface area contributed by atoms with Crippen LogP contribution in [0.25, 0.3) is 11.1 Å². The predicted octanol–water partition coefficient (Wildman–Crippen LogP) is 3.75. The number of nitrogens with zero attached hydrogens (tertiary/aromatic N) is 1. The van der Waals surface area contributed by atoms with Crippen molar-refractivity contribution < 1.29 is 0 Å².